The molecule has 0 saturated heterocycles. The molecule has 1 aliphatic rings. The van der Waals surface area contributed by atoms with Crippen LogP contribution in [-0.4, -0.2) is 28.8 Å². The van der Waals surface area contributed by atoms with Gasteiger partial charge in [-0.3, -0.25) is 14.4 Å². The van der Waals surface area contributed by atoms with Gasteiger partial charge in [0.25, 0.3) is 11.8 Å². The van der Waals surface area contributed by atoms with Crippen molar-refractivity contribution in [3.63, 3.8) is 0 Å². The van der Waals surface area contributed by atoms with Crippen LogP contribution in [0.25, 0.3) is 10.9 Å². The lowest BCUT2D eigenvalue weighted by molar-refractivity contribution is -0.122. The van der Waals surface area contributed by atoms with E-state index in [0.29, 0.717) is 22.3 Å². The molecule has 0 spiro atoms. The third kappa shape index (κ3) is 4.68. The molecule has 182 valence electrons. The first kappa shape index (κ1) is 23.2. The maximum Gasteiger partial charge on any atom is 0.268 e. The summed E-state index contributed by atoms with van der Waals surface area (Å²) in [6.45, 7) is 0.332. The maximum atomic E-state index is 13.9. The number of carbonyl (C=O) groups excluding carboxylic acids is 3. The molecule has 1 aromatic heterocycles. The quantitative estimate of drug-likeness (QED) is 0.381. The van der Waals surface area contributed by atoms with Crippen molar-refractivity contribution < 1.29 is 23.2 Å². The summed E-state index contributed by atoms with van der Waals surface area (Å²) in [7, 11) is 0. The topological polar surface area (TPSA) is 92.2 Å². The summed E-state index contributed by atoms with van der Waals surface area (Å²) in [5.74, 6) is -1.89. The minimum absolute atomic E-state index is 0.0677. The summed E-state index contributed by atoms with van der Waals surface area (Å²) >= 11 is 0. The molecule has 1 aliphatic heterocycles. The molecule has 0 saturated carbocycles. The molecule has 1 unspecified atom stereocenters. The molecule has 0 radical (unpaired) electrons. The van der Waals surface area contributed by atoms with Gasteiger partial charge < -0.3 is 20.5 Å². The highest BCUT2D eigenvalue weighted by molar-refractivity contribution is 6.06. The first-order chi connectivity index (χ1) is 17.4. The van der Waals surface area contributed by atoms with Crippen molar-refractivity contribution in [1.82, 2.24) is 15.2 Å². The third-order valence-electron chi connectivity index (χ3n) is 6.13. The molecule has 9 heteroatoms. The minimum atomic E-state index is -0.506. The fourth-order valence-corrected chi connectivity index (χ4v) is 4.39. The van der Waals surface area contributed by atoms with E-state index < -0.39 is 11.7 Å². The van der Waals surface area contributed by atoms with Crippen LogP contribution in [0.3, 0.4) is 0 Å². The van der Waals surface area contributed by atoms with Gasteiger partial charge in [0.1, 0.15) is 17.3 Å². The molecule has 4 aromatic rings. The van der Waals surface area contributed by atoms with Crippen LogP contribution < -0.4 is 16.0 Å². The lowest BCUT2D eigenvalue weighted by Crippen LogP contribution is -2.40. The molecular weight excluding hydrogens is 466 g/mol. The number of nitrogens with one attached hydrogen (secondary N) is 3. The van der Waals surface area contributed by atoms with E-state index in [1.807, 2.05) is 4.57 Å². The van der Waals surface area contributed by atoms with Crippen LogP contribution >= 0.6 is 0 Å². The van der Waals surface area contributed by atoms with E-state index in [2.05, 4.69) is 16.0 Å². The number of halogens is 2. The molecule has 0 aliphatic carbocycles. The van der Waals surface area contributed by atoms with Gasteiger partial charge in [-0.15, -0.1) is 0 Å². The van der Waals surface area contributed by atoms with E-state index in [0.717, 1.165) is 11.6 Å². The Morgan fingerprint density at radius 1 is 1.00 bits per heavy atom. The summed E-state index contributed by atoms with van der Waals surface area (Å²) in [6, 6.07) is 18.2. The molecule has 3 N–H and O–H groups in total. The Labute approximate surface area is 205 Å². The molecule has 1 atom stereocenters. The van der Waals surface area contributed by atoms with Gasteiger partial charge in [0.05, 0.1) is 6.04 Å². The summed E-state index contributed by atoms with van der Waals surface area (Å²) < 4.78 is 29.1. The van der Waals surface area contributed by atoms with Crippen molar-refractivity contribution >= 4 is 34.3 Å². The van der Waals surface area contributed by atoms with Crippen molar-refractivity contribution in [2.75, 3.05) is 11.9 Å². The van der Waals surface area contributed by atoms with Crippen molar-refractivity contribution in [1.29, 1.82) is 0 Å². The standard InChI is InChI=1S/C27H22F2N4O3/c28-19-6-3-5-16(10-19)26(35)32-20-8-9-23-18(11-20)12-24-27(36)31-15-21(33(23)24)13-25(34)30-14-17-4-1-2-7-22(17)29/h1-12,21H,13-15H2,(H,30,34)(H,31,36)(H,32,35). The van der Waals surface area contributed by atoms with E-state index in [1.165, 1.54) is 24.3 Å². The largest absolute Gasteiger partial charge is 0.352 e. The van der Waals surface area contributed by atoms with Crippen molar-refractivity contribution in [2.45, 2.75) is 19.0 Å². The van der Waals surface area contributed by atoms with Gasteiger partial charge in [-0.1, -0.05) is 24.3 Å². The SMILES string of the molecule is O=C(CC1CNC(=O)c2cc3cc(NC(=O)c4cccc(F)c4)ccc3n21)NCc1ccccc1F. The monoisotopic (exact) mass is 488 g/mol. The van der Waals surface area contributed by atoms with Gasteiger partial charge in [0, 0.05) is 47.2 Å². The van der Waals surface area contributed by atoms with Gasteiger partial charge in [-0.05, 0) is 48.5 Å². The van der Waals surface area contributed by atoms with E-state index in [4.69, 9.17) is 0 Å². The van der Waals surface area contributed by atoms with Crippen LogP contribution in [-0.2, 0) is 11.3 Å². The Hall–Kier alpha value is -4.53. The van der Waals surface area contributed by atoms with E-state index in [-0.39, 0.29) is 48.7 Å². The van der Waals surface area contributed by atoms with Crippen LogP contribution in [0, 0.1) is 11.6 Å². The van der Waals surface area contributed by atoms with Gasteiger partial charge in [0.15, 0.2) is 0 Å². The van der Waals surface area contributed by atoms with Crippen molar-refractivity contribution in [3.05, 3.63) is 101 Å². The Bertz CT molecular complexity index is 1500. The molecule has 3 aromatic carbocycles. The summed E-state index contributed by atoms with van der Waals surface area (Å²) in [5, 5.41) is 8.99. The van der Waals surface area contributed by atoms with Gasteiger partial charge in [-0.2, -0.15) is 0 Å². The second-order valence-corrected chi connectivity index (χ2v) is 8.57. The van der Waals surface area contributed by atoms with Gasteiger partial charge in [-0.25, -0.2) is 8.78 Å². The Morgan fingerprint density at radius 2 is 1.83 bits per heavy atom. The van der Waals surface area contributed by atoms with Crippen LogP contribution in [0.5, 0.6) is 0 Å². The maximum absolute atomic E-state index is 13.9. The summed E-state index contributed by atoms with van der Waals surface area (Å²) in [4.78, 5) is 37.7. The number of benzene rings is 3. The second-order valence-electron chi connectivity index (χ2n) is 8.57. The zero-order valence-electron chi connectivity index (χ0n) is 19.1. The first-order valence-electron chi connectivity index (χ1n) is 11.4. The molecule has 3 amide bonds. The average molecular weight is 488 g/mol. The summed E-state index contributed by atoms with van der Waals surface area (Å²) in [5.41, 5.74) is 2.20. The highest BCUT2D eigenvalue weighted by Crippen LogP contribution is 2.30. The van der Waals surface area contributed by atoms with Crippen LogP contribution in [0.1, 0.15) is 38.9 Å². The fourth-order valence-electron chi connectivity index (χ4n) is 4.39. The molecular formula is C27H22F2N4O3. The first-order valence-corrected chi connectivity index (χ1v) is 11.4. The molecule has 2 heterocycles. The van der Waals surface area contributed by atoms with Gasteiger partial charge in [0.2, 0.25) is 5.91 Å². The smallest absolute Gasteiger partial charge is 0.268 e. The van der Waals surface area contributed by atoms with Crippen LogP contribution in [0.2, 0.25) is 0 Å². The third-order valence-corrected chi connectivity index (χ3v) is 6.13. The Kier molecular flexibility index (Phi) is 6.20. The number of carbonyl (C=O) groups is 3. The lowest BCUT2D eigenvalue weighted by Gasteiger charge is -2.27. The predicted molar refractivity (Wildman–Crippen MR) is 131 cm³/mol. The summed E-state index contributed by atoms with van der Waals surface area (Å²) in [6.07, 6.45) is 0.0869. The minimum Gasteiger partial charge on any atom is -0.352 e. The van der Waals surface area contributed by atoms with E-state index >= 15 is 0 Å². The normalized spacial score (nSPS) is 14.7. The Balaban J connectivity index is 1.35. The number of nitrogens with zero attached hydrogens (tertiary/aromatic N) is 1. The average Bonchev–Trinajstić information content (AvgIpc) is 3.25. The van der Waals surface area contributed by atoms with Crippen LogP contribution in [0.4, 0.5) is 14.5 Å². The molecule has 36 heavy (non-hydrogen) atoms. The van der Waals surface area contributed by atoms with Crippen molar-refractivity contribution in [3.8, 4) is 0 Å². The molecule has 5 rings (SSSR count). The van der Waals surface area contributed by atoms with E-state index in [1.54, 1.807) is 42.5 Å². The molecule has 0 bridgehead atoms. The van der Waals surface area contributed by atoms with Crippen molar-refractivity contribution in [2.24, 2.45) is 0 Å². The lowest BCUT2D eigenvalue weighted by atomic mass is 10.1. The molecule has 7 nitrogen and oxygen atoms in total. The zero-order chi connectivity index (χ0) is 25.2. The predicted octanol–water partition coefficient (Wildman–Crippen LogP) is 4.16. The number of hydrogen-bond acceptors (Lipinski definition) is 3. The number of fused-ring (bicyclic) bond motifs is 3. The zero-order valence-corrected chi connectivity index (χ0v) is 19.1. The number of aromatic nitrogens is 1. The number of amides is 3. The van der Waals surface area contributed by atoms with Gasteiger partial charge >= 0.3 is 0 Å². The number of anilines is 1. The van der Waals surface area contributed by atoms with Crippen LogP contribution in [0.15, 0.2) is 72.8 Å². The fraction of sp³-hybridized carbons (Fsp3) is 0.148. The second kappa shape index (κ2) is 9.61. The number of rotatable bonds is 6. The number of hydrogen-bond donors (Lipinski definition) is 3. The highest BCUT2D eigenvalue weighted by atomic mass is 19.1. The highest BCUT2D eigenvalue weighted by Gasteiger charge is 2.28. The Morgan fingerprint density at radius 3 is 2.64 bits per heavy atom. The molecule has 0 fully saturated rings. The van der Waals surface area contributed by atoms with E-state index in [9.17, 15) is 23.2 Å².